The Labute approximate surface area is 184 Å². The minimum Gasteiger partial charge on any atom is -0.459 e. The van der Waals surface area contributed by atoms with Crippen LogP contribution < -0.4 is 10.2 Å². The van der Waals surface area contributed by atoms with Gasteiger partial charge in [0.1, 0.15) is 0 Å². The Kier molecular flexibility index (Phi) is 6.78. The summed E-state index contributed by atoms with van der Waals surface area (Å²) in [7, 11) is 4.11. The van der Waals surface area contributed by atoms with Crippen LogP contribution in [0.2, 0.25) is 0 Å². The van der Waals surface area contributed by atoms with E-state index in [1.54, 1.807) is 12.1 Å². The maximum Gasteiger partial charge on any atom is 0.287 e. The van der Waals surface area contributed by atoms with Gasteiger partial charge in [0.05, 0.1) is 18.0 Å². The Hall–Kier alpha value is -2.57. The van der Waals surface area contributed by atoms with Crippen LogP contribution in [0.25, 0.3) is 6.08 Å². The molecule has 1 spiro atoms. The number of benzene rings is 1. The van der Waals surface area contributed by atoms with Gasteiger partial charge in [0.25, 0.3) is 5.91 Å². The van der Waals surface area contributed by atoms with Crippen LogP contribution >= 0.6 is 0 Å². The highest BCUT2D eigenvalue weighted by Gasteiger charge is 2.42. The van der Waals surface area contributed by atoms with Crippen molar-refractivity contribution in [2.24, 2.45) is 0 Å². The third-order valence-corrected chi connectivity index (χ3v) is 6.42. The molecule has 0 unspecified atom stereocenters. The Morgan fingerprint density at radius 1 is 1.19 bits per heavy atom. The molecule has 166 valence electrons. The van der Waals surface area contributed by atoms with E-state index in [9.17, 15) is 4.79 Å². The van der Waals surface area contributed by atoms with Gasteiger partial charge in [-0.15, -0.1) is 0 Å². The van der Waals surface area contributed by atoms with E-state index < -0.39 is 0 Å². The van der Waals surface area contributed by atoms with Crippen LogP contribution in [0.15, 0.2) is 53.2 Å². The molecule has 0 bridgehead atoms. The average molecular weight is 424 g/mol. The number of piperidine rings is 1. The summed E-state index contributed by atoms with van der Waals surface area (Å²) in [6, 6.07) is 12.0. The first-order valence-electron chi connectivity index (χ1n) is 11.2. The fourth-order valence-corrected chi connectivity index (χ4v) is 4.47. The van der Waals surface area contributed by atoms with Crippen LogP contribution in [0.4, 0.5) is 5.69 Å². The van der Waals surface area contributed by atoms with E-state index in [4.69, 9.17) is 9.15 Å². The molecule has 0 saturated carbocycles. The first kappa shape index (κ1) is 21.7. The normalized spacial score (nSPS) is 21.0. The first-order chi connectivity index (χ1) is 15.0. The molecule has 1 N–H and O–H groups in total. The summed E-state index contributed by atoms with van der Waals surface area (Å²) in [5, 5.41) is 2.93. The van der Waals surface area contributed by atoms with Crippen molar-refractivity contribution in [3.05, 3.63) is 60.1 Å². The van der Waals surface area contributed by atoms with E-state index in [0.29, 0.717) is 12.3 Å². The number of hydrogen-bond acceptors (Lipinski definition) is 5. The van der Waals surface area contributed by atoms with Gasteiger partial charge >= 0.3 is 0 Å². The number of ether oxygens (including phenoxy) is 1. The van der Waals surface area contributed by atoms with E-state index in [2.05, 4.69) is 65.6 Å². The highest BCUT2D eigenvalue weighted by molar-refractivity contribution is 5.91. The van der Waals surface area contributed by atoms with Gasteiger partial charge in [0.15, 0.2) is 5.76 Å². The molecule has 2 fully saturated rings. The molecular formula is C25H33N3O3. The molecule has 2 aromatic rings. The van der Waals surface area contributed by atoms with Crippen molar-refractivity contribution in [1.29, 1.82) is 0 Å². The molecule has 3 heterocycles. The maximum absolute atomic E-state index is 12.0. The van der Waals surface area contributed by atoms with E-state index >= 15 is 0 Å². The summed E-state index contributed by atoms with van der Waals surface area (Å²) < 4.78 is 11.6. The molecular weight excluding hydrogens is 390 g/mol. The third kappa shape index (κ3) is 5.57. The van der Waals surface area contributed by atoms with Crippen LogP contribution in [0, 0.1) is 0 Å². The highest BCUT2D eigenvalue weighted by atomic mass is 16.5. The molecule has 0 aliphatic carbocycles. The maximum atomic E-state index is 12.0. The molecule has 1 aromatic heterocycles. The topological polar surface area (TPSA) is 58.0 Å². The van der Waals surface area contributed by atoms with Gasteiger partial charge in [0, 0.05) is 46.0 Å². The fraction of sp³-hybridized carbons (Fsp3) is 0.480. The fourth-order valence-electron chi connectivity index (χ4n) is 4.47. The smallest absolute Gasteiger partial charge is 0.287 e. The molecule has 0 radical (unpaired) electrons. The van der Waals surface area contributed by atoms with E-state index in [0.717, 1.165) is 45.3 Å². The first-order valence-corrected chi connectivity index (χ1v) is 11.2. The SMILES string of the molecule is CN(C)c1ccc(/C=C/CN2CCC3(CC[C@@H](CNC(=O)c4ccco4)O3)CC2)cc1. The van der Waals surface area contributed by atoms with Crippen LogP contribution in [0.3, 0.4) is 0 Å². The van der Waals surface area contributed by atoms with Gasteiger partial charge in [-0.25, -0.2) is 0 Å². The highest BCUT2D eigenvalue weighted by Crippen LogP contribution is 2.38. The monoisotopic (exact) mass is 423 g/mol. The molecule has 4 rings (SSSR count). The number of likely N-dealkylation sites (tertiary alicyclic amines) is 1. The molecule has 2 aliphatic heterocycles. The number of nitrogens with one attached hydrogen (secondary N) is 1. The van der Waals surface area contributed by atoms with Crippen molar-refractivity contribution in [3.8, 4) is 0 Å². The number of furan rings is 1. The number of hydrogen-bond donors (Lipinski definition) is 1. The Morgan fingerprint density at radius 2 is 1.97 bits per heavy atom. The van der Waals surface area contributed by atoms with E-state index in [1.165, 1.54) is 17.5 Å². The van der Waals surface area contributed by atoms with Crippen LogP contribution in [0.5, 0.6) is 0 Å². The summed E-state index contributed by atoms with van der Waals surface area (Å²) in [4.78, 5) is 16.6. The van der Waals surface area contributed by atoms with Gasteiger partial charge in [0.2, 0.25) is 0 Å². The lowest BCUT2D eigenvalue weighted by Crippen LogP contribution is -2.45. The minimum absolute atomic E-state index is 0.0116. The lowest BCUT2D eigenvalue weighted by Gasteiger charge is -2.38. The molecule has 1 atom stereocenters. The number of carbonyl (C=O) groups excluding carboxylic acids is 1. The van der Waals surface area contributed by atoms with Gasteiger partial charge in [-0.3, -0.25) is 9.69 Å². The second-order valence-corrected chi connectivity index (χ2v) is 8.84. The second kappa shape index (κ2) is 9.71. The molecule has 2 aliphatic rings. The van der Waals surface area contributed by atoms with Gasteiger partial charge < -0.3 is 19.4 Å². The number of carbonyl (C=O) groups is 1. The number of rotatable bonds is 7. The summed E-state index contributed by atoms with van der Waals surface area (Å²) in [5.41, 5.74) is 2.44. The van der Waals surface area contributed by atoms with Crippen LogP contribution in [-0.4, -0.2) is 62.8 Å². The minimum atomic E-state index is -0.174. The largest absolute Gasteiger partial charge is 0.459 e. The summed E-state index contributed by atoms with van der Waals surface area (Å²) >= 11 is 0. The molecule has 6 heteroatoms. The van der Waals surface area contributed by atoms with E-state index in [-0.39, 0.29) is 17.6 Å². The summed E-state index contributed by atoms with van der Waals surface area (Å²) in [5.74, 6) is 0.176. The quantitative estimate of drug-likeness (QED) is 0.734. The van der Waals surface area contributed by atoms with Gasteiger partial charge in [-0.2, -0.15) is 0 Å². The second-order valence-electron chi connectivity index (χ2n) is 8.84. The zero-order chi connectivity index (χ0) is 21.7. The Morgan fingerprint density at radius 3 is 2.65 bits per heavy atom. The standard InChI is InChI=1S/C25H33N3O3/c1-27(2)21-9-7-20(8-10-21)5-3-15-28-16-13-25(14-17-28)12-11-22(31-25)19-26-24(29)23-6-4-18-30-23/h3-10,18,22H,11-17,19H2,1-2H3,(H,26,29)/b5-3+/t22-/m0/s1. The average Bonchev–Trinajstić information content (AvgIpc) is 3.45. The van der Waals surface area contributed by atoms with Gasteiger partial charge in [-0.1, -0.05) is 24.3 Å². The lowest BCUT2D eigenvalue weighted by molar-refractivity contribution is -0.0741. The van der Waals surface area contributed by atoms with Crippen molar-refractivity contribution >= 4 is 17.7 Å². The summed E-state index contributed by atoms with van der Waals surface area (Å²) in [6.07, 6.45) is 10.3. The van der Waals surface area contributed by atoms with Crippen molar-refractivity contribution in [3.63, 3.8) is 0 Å². The van der Waals surface area contributed by atoms with Crippen LogP contribution in [-0.2, 0) is 4.74 Å². The van der Waals surface area contributed by atoms with E-state index in [1.807, 2.05) is 0 Å². The molecule has 31 heavy (non-hydrogen) atoms. The Balaban J connectivity index is 1.18. The number of anilines is 1. The predicted molar refractivity (Wildman–Crippen MR) is 123 cm³/mol. The predicted octanol–water partition coefficient (Wildman–Crippen LogP) is 3.80. The van der Waals surface area contributed by atoms with Crippen molar-refractivity contribution < 1.29 is 13.9 Å². The molecule has 1 amide bonds. The van der Waals surface area contributed by atoms with Crippen molar-refractivity contribution in [1.82, 2.24) is 10.2 Å². The molecule has 1 aromatic carbocycles. The number of nitrogens with zero attached hydrogens (tertiary/aromatic N) is 2. The number of amides is 1. The van der Waals surface area contributed by atoms with Crippen molar-refractivity contribution in [2.45, 2.75) is 37.4 Å². The molecule has 6 nitrogen and oxygen atoms in total. The lowest BCUT2D eigenvalue weighted by atomic mass is 9.88. The zero-order valence-corrected chi connectivity index (χ0v) is 18.5. The third-order valence-electron chi connectivity index (χ3n) is 6.42. The molecule has 2 saturated heterocycles. The van der Waals surface area contributed by atoms with Crippen molar-refractivity contribution in [2.75, 3.05) is 45.2 Å². The zero-order valence-electron chi connectivity index (χ0n) is 18.5. The van der Waals surface area contributed by atoms with Gasteiger partial charge in [-0.05, 0) is 55.5 Å². The Bertz CT molecular complexity index is 866. The summed E-state index contributed by atoms with van der Waals surface area (Å²) in [6.45, 7) is 3.61. The van der Waals surface area contributed by atoms with Crippen LogP contribution in [0.1, 0.15) is 41.8 Å².